The Morgan fingerprint density at radius 2 is 1.88 bits per heavy atom. The van der Waals surface area contributed by atoms with Gasteiger partial charge in [-0.1, -0.05) is 13.8 Å². The molecule has 0 aliphatic heterocycles. The van der Waals surface area contributed by atoms with Gasteiger partial charge in [0, 0.05) is 6.04 Å². The summed E-state index contributed by atoms with van der Waals surface area (Å²) in [6.45, 7) is 3.91. The van der Waals surface area contributed by atoms with Gasteiger partial charge in [0.1, 0.15) is 0 Å². The van der Waals surface area contributed by atoms with Crippen molar-refractivity contribution in [3.8, 4) is 0 Å². The van der Waals surface area contributed by atoms with Crippen molar-refractivity contribution >= 4 is 0 Å². The maximum atomic E-state index is 9.00. The number of rotatable bonds is 3. The monoisotopic (exact) mass is 117 g/mol. The van der Waals surface area contributed by atoms with Crippen LogP contribution in [0.15, 0.2) is 0 Å². The van der Waals surface area contributed by atoms with Gasteiger partial charge in [-0.3, -0.25) is 0 Å². The Hall–Kier alpha value is -0.0800. The van der Waals surface area contributed by atoms with Crippen LogP contribution in [0.2, 0.25) is 0 Å². The number of hydrogen-bond acceptors (Lipinski definition) is 2. The van der Waals surface area contributed by atoms with Crippen molar-refractivity contribution in [2.45, 2.75) is 38.8 Å². The zero-order valence-electron chi connectivity index (χ0n) is 5.59. The Bertz CT molecular complexity index is 48.5. The van der Waals surface area contributed by atoms with Crippen molar-refractivity contribution < 1.29 is 5.11 Å². The fourth-order valence-corrected chi connectivity index (χ4v) is 0.575. The molecule has 8 heavy (non-hydrogen) atoms. The number of hydrogen-bond donors (Lipinski definition) is 2. The SMILES string of the molecule is CCC(N)C(O)CC. The first-order valence-electron chi connectivity index (χ1n) is 3.16. The standard InChI is InChI=1S/C6H15NO/c1-3-5(7)6(8)4-2/h5-6,8H,3-4,7H2,1-2H3. The van der Waals surface area contributed by atoms with Gasteiger partial charge in [0.25, 0.3) is 0 Å². The molecular formula is C6H15NO. The lowest BCUT2D eigenvalue weighted by atomic mass is 10.1. The van der Waals surface area contributed by atoms with Crippen LogP contribution in [0.4, 0.5) is 0 Å². The van der Waals surface area contributed by atoms with Crippen molar-refractivity contribution in [2.75, 3.05) is 0 Å². The Kier molecular flexibility index (Phi) is 3.83. The van der Waals surface area contributed by atoms with Gasteiger partial charge in [0.15, 0.2) is 0 Å². The van der Waals surface area contributed by atoms with Gasteiger partial charge in [-0.05, 0) is 12.8 Å². The number of nitrogens with two attached hydrogens (primary N) is 1. The molecule has 0 fully saturated rings. The van der Waals surface area contributed by atoms with E-state index in [1.165, 1.54) is 0 Å². The molecular weight excluding hydrogens is 102 g/mol. The van der Waals surface area contributed by atoms with Crippen LogP contribution in [0.1, 0.15) is 26.7 Å². The summed E-state index contributed by atoms with van der Waals surface area (Å²) in [5.41, 5.74) is 5.48. The molecule has 0 aromatic rings. The summed E-state index contributed by atoms with van der Waals surface area (Å²) in [5, 5.41) is 9.00. The molecule has 3 N–H and O–H groups in total. The van der Waals surface area contributed by atoms with E-state index in [4.69, 9.17) is 10.8 Å². The van der Waals surface area contributed by atoms with Crippen LogP contribution in [0.5, 0.6) is 0 Å². The maximum absolute atomic E-state index is 9.00. The summed E-state index contributed by atoms with van der Waals surface area (Å²) >= 11 is 0. The first kappa shape index (κ1) is 7.92. The molecule has 50 valence electrons. The average molecular weight is 117 g/mol. The van der Waals surface area contributed by atoms with Gasteiger partial charge < -0.3 is 10.8 Å². The summed E-state index contributed by atoms with van der Waals surface area (Å²) in [6.07, 6.45) is 1.31. The lowest BCUT2D eigenvalue weighted by Crippen LogP contribution is -2.33. The minimum atomic E-state index is -0.306. The molecule has 0 radical (unpaired) electrons. The largest absolute Gasteiger partial charge is 0.392 e. The molecule has 2 unspecified atom stereocenters. The Labute approximate surface area is 50.7 Å². The van der Waals surface area contributed by atoms with E-state index in [0.29, 0.717) is 0 Å². The van der Waals surface area contributed by atoms with E-state index in [2.05, 4.69) is 0 Å². The van der Waals surface area contributed by atoms with Gasteiger partial charge in [-0.15, -0.1) is 0 Å². The van der Waals surface area contributed by atoms with E-state index in [-0.39, 0.29) is 12.1 Å². The minimum Gasteiger partial charge on any atom is -0.392 e. The smallest absolute Gasteiger partial charge is 0.0688 e. The molecule has 0 aromatic heterocycles. The molecule has 2 nitrogen and oxygen atoms in total. The van der Waals surface area contributed by atoms with Crippen molar-refractivity contribution in [3.63, 3.8) is 0 Å². The second-order valence-corrected chi connectivity index (χ2v) is 2.05. The van der Waals surface area contributed by atoms with Gasteiger partial charge >= 0.3 is 0 Å². The highest BCUT2D eigenvalue weighted by molar-refractivity contribution is 4.67. The average Bonchev–Trinajstić information content (AvgIpc) is 1.84. The van der Waals surface area contributed by atoms with Gasteiger partial charge in [0.2, 0.25) is 0 Å². The Morgan fingerprint density at radius 3 is 2.00 bits per heavy atom. The predicted octanol–water partition coefficient (Wildman–Crippen LogP) is 0.495. The fraction of sp³-hybridized carbons (Fsp3) is 1.00. The van der Waals surface area contributed by atoms with Crippen molar-refractivity contribution in [3.05, 3.63) is 0 Å². The van der Waals surface area contributed by atoms with Gasteiger partial charge in [0.05, 0.1) is 6.10 Å². The zero-order valence-corrected chi connectivity index (χ0v) is 5.59. The van der Waals surface area contributed by atoms with E-state index >= 15 is 0 Å². The van der Waals surface area contributed by atoms with Gasteiger partial charge in [-0.2, -0.15) is 0 Å². The second-order valence-electron chi connectivity index (χ2n) is 2.05. The van der Waals surface area contributed by atoms with Crippen molar-refractivity contribution in [2.24, 2.45) is 5.73 Å². The van der Waals surface area contributed by atoms with Crippen LogP contribution in [0.25, 0.3) is 0 Å². The number of aliphatic hydroxyl groups excluding tert-OH is 1. The maximum Gasteiger partial charge on any atom is 0.0688 e. The lowest BCUT2D eigenvalue weighted by molar-refractivity contribution is 0.138. The van der Waals surface area contributed by atoms with Crippen molar-refractivity contribution in [1.82, 2.24) is 0 Å². The Morgan fingerprint density at radius 1 is 1.38 bits per heavy atom. The van der Waals surface area contributed by atoms with Crippen LogP contribution in [0.3, 0.4) is 0 Å². The van der Waals surface area contributed by atoms with E-state index in [0.717, 1.165) is 12.8 Å². The van der Waals surface area contributed by atoms with E-state index < -0.39 is 0 Å². The second kappa shape index (κ2) is 3.87. The first-order chi connectivity index (χ1) is 3.72. The van der Waals surface area contributed by atoms with Gasteiger partial charge in [-0.25, -0.2) is 0 Å². The molecule has 0 amide bonds. The summed E-state index contributed by atoms with van der Waals surface area (Å²) in [4.78, 5) is 0. The molecule has 0 aromatic carbocycles. The van der Waals surface area contributed by atoms with Crippen LogP contribution >= 0.6 is 0 Å². The number of aliphatic hydroxyl groups is 1. The third kappa shape index (κ3) is 2.28. The summed E-state index contributed by atoms with van der Waals surface area (Å²) < 4.78 is 0. The fourth-order valence-electron chi connectivity index (χ4n) is 0.575. The van der Waals surface area contributed by atoms with Crippen molar-refractivity contribution in [1.29, 1.82) is 0 Å². The summed E-state index contributed by atoms with van der Waals surface area (Å²) in [6, 6.07) is -0.0278. The van der Waals surface area contributed by atoms with Crippen LogP contribution in [-0.2, 0) is 0 Å². The van der Waals surface area contributed by atoms with Crippen LogP contribution in [-0.4, -0.2) is 17.3 Å². The highest BCUT2D eigenvalue weighted by Gasteiger charge is 2.08. The highest BCUT2D eigenvalue weighted by atomic mass is 16.3. The van der Waals surface area contributed by atoms with Crippen LogP contribution < -0.4 is 5.73 Å². The molecule has 0 aliphatic carbocycles. The third-order valence-corrected chi connectivity index (χ3v) is 1.38. The third-order valence-electron chi connectivity index (χ3n) is 1.38. The quantitative estimate of drug-likeness (QED) is 0.565. The molecule has 0 spiro atoms. The highest BCUT2D eigenvalue weighted by Crippen LogP contribution is 1.97. The molecule has 0 rings (SSSR count). The van der Waals surface area contributed by atoms with Crippen LogP contribution in [0, 0.1) is 0 Å². The first-order valence-corrected chi connectivity index (χ1v) is 3.16. The molecule has 0 bridgehead atoms. The van der Waals surface area contributed by atoms with E-state index in [1.54, 1.807) is 0 Å². The van der Waals surface area contributed by atoms with E-state index in [9.17, 15) is 0 Å². The Balaban J connectivity index is 3.29. The summed E-state index contributed by atoms with van der Waals surface area (Å²) in [7, 11) is 0. The minimum absolute atomic E-state index is 0.0278. The zero-order chi connectivity index (χ0) is 6.57. The lowest BCUT2D eigenvalue weighted by Gasteiger charge is -2.13. The molecule has 0 heterocycles. The molecule has 2 atom stereocenters. The van der Waals surface area contributed by atoms with E-state index in [1.807, 2.05) is 13.8 Å². The normalized spacial score (nSPS) is 18.0. The molecule has 2 heteroatoms. The topological polar surface area (TPSA) is 46.2 Å². The summed E-state index contributed by atoms with van der Waals surface area (Å²) in [5.74, 6) is 0. The predicted molar refractivity (Wildman–Crippen MR) is 34.6 cm³/mol. The molecule has 0 aliphatic rings. The molecule has 0 saturated carbocycles. The molecule has 0 saturated heterocycles.